The van der Waals surface area contributed by atoms with Gasteiger partial charge >= 0.3 is 0 Å². The second-order valence-corrected chi connectivity index (χ2v) is 8.57. The summed E-state index contributed by atoms with van der Waals surface area (Å²) in [5, 5.41) is 11.6. The molecule has 0 aromatic heterocycles. The van der Waals surface area contributed by atoms with Crippen molar-refractivity contribution in [3.63, 3.8) is 0 Å². The molecule has 5 atom stereocenters. The Balaban J connectivity index is 1.77. The fourth-order valence-electron chi connectivity index (χ4n) is 6.41. The molecule has 3 nitrogen and oxygen atoms in total. The van der Waals surface area contributed by atoms with Gasteiger partial charge in [0, 0.05) is 24.2 Å². The van der Waals surface area contributed by atoms with Crippen LogP contribution in [-0.2, 0) is 9.59 Å². The van der Waals surface area contributed by atoms with Gasteiger partial charge in [0.25, 0.3) is 0 Å². The van der Waals surface area contributed by atoms with Gasteiger partial charge in [-0.05, 0) is 55.9 Å². The number of carbonyl (C=O) groups is 2. The Morgan fingerprint density at radius 3 is 2.45 bits per heavy atom. The Hall–Kier alpha value is -0.960. The molecule has 0 amide bonds. The van der Waals surface area contributed by atoms with E-state index in [4.69, 9.17) is 0 Å². The summed E-state index contributed by atoms with van der Waals surface area (Å²) in [5.74, 6) is 0.920. The van der Waals surface area contributed by atoms with Gasteiger partial charge in [-0.2, -0.15) is 0 Å². The molecule has 3 fully saturated rings. The summed E-state index contributed by atoms with van der Waals surface area (Å²) in [7, 11) is 0. The molecule has 4 rings (SSSR count). The molecule has 0 bridgehead atoms. The van der Waals surface area contributed by atoms with Crippen LogP contribution in [0.1, 0.15) is 65.2 Å². The Kier molecular flexibility index (Phi) is 2.87. The predicted octanol–water partition coefficient (Wildman–Crippen LogP) is 3.20. The summed E-state index contributed by atoms with van der Waals surface area (Å²) in [6.45, 7) is 4.33. The summed E-state index contributed by atoms with van der Waals surface area (Å²) in [6.07, 6.45) is 8.16. The third-order valence-electron chi connectivity index (χ3n) is 7.75. The van der Waals surface area contributed by atoms with Crippen LogP contribution in [0.4, 0.5) is 0 Å². The maximum atomic E-state index is 12.4. The van der Waals surface area contributed by atoms with Gasteiger partial charge < -0.3 is 5.11 Å². The van der Waals surface area contributed by atoms with E-state index in [0.29, 0.717) is 18.6 Å². The van der Waals surface area contributed by atoms with Crippen molar-refractivity contribution >= 4 is 11.6 Å². The van der Waals surface area contributed by atoms with Gasteiger partial charge in [-0.15, -0.1) is 0 Å². The van der Waals surface area contributed by atoms with Crippen LogP contribution in [-0.4, -0.2) is 22.3 Å². The molecule has 0 aromatic rings. The van der Waals surface area contributed by atoms with Crippen LogP contribution < -0.4 is 0 Å². The normalized spacial score (nSPS) is 51.0. The van der Waals surface area contributed by atoms with Crippen LogP contribution in [0.2, 0.25) is 0 Å². The van der Waals surface area contributed by atoms with Crippen LogP contribution in [0.3, 0.4) is 0 Å². The number of aliphatic hydroxyl groups is 1. The fraction of sp³-hybridized carbons (Fsp3) is 0.789. The van der Waals surface area contributed by atoms with Crippen molar-refractivity contribution in [2.75, 3.05) is 0 Å². The second kappa shape index (κ2) is 4.31. The molecular formula is C19H26O3. The Morgan fingerprint density at radius 2 is 1.68 bits per heavy atom. The van der Waals surface area contributed by atoms with E-state index in [1.165, 1.54) is 5.57 Å². The summed E-state index contributed by atoms with van der Waals surface area (Å²) in [5.41, 5.74) is 0.179. The van der Waals surface area contributed by atoms with E-state index < -0.39 is 5.60 Å². The number of hydrogen-bond donors (Lipinski definition) is 1. The zero-order valence-corrected chi connectivity index (χ0v) is 13.7. The number of allylic oxidation sites excluding steroid dienone is 1. The van der Waals surface area contributed by atoms with Gasteiger partial charge in [0.2, 0.25) is 0 Å². The first kappa shape index (κ1) is 14.6. The molecule has 0 unspecified atom stereocenters. The number of ketones is 2. The Bertz CT molecular complexity index is 591. The highest BCUT2D eigenvalue weighted by Crippen LogP contribution is 2.65. The topological polar surface area (TPSA) is 54.4 Å². The highest BCUT2D eigenvalue weighted by molar-refractivity contribution is 5.91. The molecule has 4 aliphatic rings. The van der Waals surface area contributed by atoms with Crippen molar-refractivity contribution in [3.05, 3.63) is 11.6 Å². The lowest BCUT2D eigenvalue weighted by atomic mass is 9.45. The second-order valence-electron chi connectivity index (χ2n) is 8.57. The molecule has 0 radical (unpaired) electrons. The van der Waals surface area contributed by atoms with Gasteiger partial charge in [0.05, 0.1) is 5.60 Å². The number of rotatable bonds is 0. The van der Waals surface area contributed by atoms with E-state index in [1.807, 2.05) is 6.08 Å². The number of fused-ring (bicyclic) bond motifs is 5. The SMILES string of the molecule is C[C@]12CCC(=O)C=C1CC[C@]1(O)[C@@H]2CC[C@]2(C)C(=O)CC[C@@H]12. The number of Topliss-reactive ketones (excluding diaryl/α,β-unsaturated/α-hetero) is 1. The molecule has 3 saturated carbocycles. The lowest BCUT2D eigenvalue weighted by molar-refractivity contribution is -0.184. The Morgan fingerprint density at radius 1 is 0.955 bits per heavy atom. The van der Waals surface area contributed by atoms with Crippen molar-refractivity contribution in [1.82, 2.24) is 0 Å². The maximum absolute atomic E-state index is 12.4. The number of hydrogen-bond acceptors (Lipinski definition) is 3. The quantitative estimate of drug-likeness (QED) is 0.747. The highest BCUT2D eigenvalue weighted by Gasteiger charge is 2.65. The monoisotopic (exact) mass is 302 g/mol. The molecule has 120 valence electrons. The van der Waals surface area contributed by atoms with Crippen molar-refractivity contribution < 1.29 is 14.7 Å². The highest BCUT2D eigenvalue weighted by atomic mass is 16.3. The predicted molar refractivity (Wildman–Crippen MR) is 83.2 cm³/mol. The maximum Gasteiger partial charge on any atom is 0.155 e. The molecule has 22 heavy (non-hydrogen) atoms. The van der Waals surface area contributed by atoms with E-state index in [9.17, 15) is 14.7 Å². The smallest absolute Gasteiger partial charge is 0.155 e. The molecule has 3 heteroatoms. The summed E-state index contributed by atoms with van der Waals surface area (Å²) >= 11 is 0. The van der Waals surface area contributed by atoms with Crippen LogP contribution in [0, 0.1) is 22.7 Å². The first-order valence-corrected chi connectivity index (χ1v) is 8.80. The molecule has 0 spiro atoms. The lowest BCUT2D eigenvalue weighted by Gasteiger charge is -2.61. The van der Waals surface area contributed by atoms with Gasteiger partial charge in [0.15, 0.2) is 5.78 Å². The number of carbonyl (C=O) groups excluding carboxylic acids is 2. The molecule has 0 aliphatic heterocycles. The minimum Gasteiger partial charge on any atom is -0.389 e. The standard InChI is InChI=1S/C19H26O3/c1-17-8-6-13(20)11-12(17)5-10-19(22)14-3-4-16(21)18(14,2)9-7-15(17)19/h11,14-15,22H,3-10H2,1-2H3/t14-,15-,17+,18+,19-/m1/s1. The van der Waals surface area contributed by atoms with Crippen molar-refractivity contribution in [2.24, 2.45) is 22.7 Å². The van der Waals surface area contributed by atoms with E-state index in [0.717, 1.165) is 38.5 Å². The van der Waals surface area contributed by atoms with Crippen LogP contribution in [0.15, 0.2) is 11.6 Å². The zero-order chi connectivity index (χ0) is 15.8. The van der Waals surface area contributed by atoms with Gasteiger partial charge in [-0.1, -0.05) is 19.4 Å². The largest absolute Gasteiger partial charge is 0.389 e. The Labute approximate surface area is 132 Å². The lowest BCUT2D eigenvalue weighted by Crippen LogP contribution is -2.62. The average Bonchev–Trinajstić information content (AvgIpc) is 2.77. The fourth-order valence-corrected chi connectivity index (χ4v) is 6.41. The van der Waals surface area contributed by atoms with Crippen molar-refractivity contribution in [3.8, 4) is 0 Å². The first-order chi connectivity index (χ1) is 10.3. The molecular weight excluding hydrogens is 276 g/mol. The molecule has 0 heterocycles. The third kappa shape index (κ3) is 1.61. The van der Waals surface area contributed by atoms with Gasteiger partial charge in [-0.25, -0.2) is 0 Å². The first-order valence-electron chi connectivity index (χ1n) is 8.80. The summed E-state index contributed by atoms with van der Waals surface area (Å²) < 4.78 is 0. The average molecular weight is 302 g/mol. The van der Waals surface area contributed by atoms with Gasteiger partial charge in [-0.3, -0.25) is 9.59 Å². The van der Waals surface area contributed by atoms with Crippen molar-refractivity contribution in [1.29, 1.82) is 0 Å². The third-order valence-corrected chi connectivity index (χ3v) is 7.75. The van der Waals surface area contributed by atoms with Gasteiger partial charge in [0.1, 0.15) is 5.78 Å². The summed E-state index contributed by atoms with van der Waals surface area (Å²) in [4.78, 5) is 24.2. The molecule has 0 saturated heterocycles. The van der Waals surface area contributed by atoms with Crippen LogP contribution >= 0.6 is 0 Å². The van der Waals surface area contributed by atoms with E-state index in [-0.39, 0.29) is 28.4 Å². The van der Waals surface area contributed by atoms with Crippen molar-refractivity contribution in [2.45, 2.75) is 70.8 Å². The van der Waals surface area contributed by atoms with E-state index >= 15 is 0 Å². The molecule has 1 N–H and O–H groups in total. The molecule has 0 aromatic carbocycles. The minimum absolute atomic E-state index is 0.0477. The minimum atomic E-state index is -0.717. The van der Waals surface area contributed by atoms with E-state index in [2.05, 4.69) is 13.8 Å². The van der Waals surface area contributed by atoms with Crippen LogP contribution in [0.5, 0.6) is 0 Å². The van der Waals surface area contributed by atoms with E-state index in [1.54, 1.807) is 0 Å². The molecule has 4 aliphatic carbocycles. The zero-order valence-electron chi connectivity index (χ0n) is 13.7. The summed E-state index contributed by atoms with van der Waals surface area (Å²) in [6, 6.07) is 0. The van der Waals surface area contributed by atoms with Crippen LogP contribution in [0.25, 0.3) is 0 Å².